The first-order valence-electron chi connectivity index (χ1n) is 10.6. The summed E-state index contributed by atoms with van der Waals surface area (Å²) >= 11 is -1.03. The number of β-amino-alcohol motifs (C(OH)–C–C–N with tert-alkyl or cyclic N) is 1. The SMILES string of the molecule is COc1ccccc1OCC(O)CN1CCN(CC(=O)Nc2ccc([S+](C)[O-])cc2)CC1. The Bertz CT molecular complexity index is 857. The fourth-order valence-electron chi connectivity index (χ4n) is 3.54. The summed E-state index contributed by atoms with van der Waals surface area (Å²) in [4.78, 5) is 17.3. The molecule has 1 fully saturated rings. The first-order valence-corrected chi connectivity index (χ1v) is 12.1. The van der Waals surface area contributed by atoms with Gasteiger partial charge in [-0.15, -0.1) is 0 Å². The van der Waals surface area contributed by atoms with Crippen LogP contribution in [0, 0.1) is 0 Å². The van der Waals surface area contributed by atoms with E-state index in [1.54, 1.807) is 37.6 Å². The van der Waals surface area contributed by atoms with Gasteiger partial charge in [-0.05, 0) is 47.6 Å². The molecule has 1 amide bonds. The van der Waals surface area contributed by atoms with E-state index in [2.05, 4.69) is 15.1 Å². The van der Waals surface area contributed by atoms with Crippen LogP contribution in [-0.2, 0) is 16.0 Å². The van der Waals surface area contributed by atoms with Gasteiger partial charge in [-0.3, -0.25) is 14.6 Å². The molecule has 1 heterocycles. The largest absolute Gasteiger partial charge is 0.612 e. The number of aliphatic hydroxyl groups is 1. The number of rotatable bonds is 10. The summed E-state index contributed by atoms with van der Waals surface area (Å²) in [6.45, 7) is 4.07. The predicted molar refractivity (Wildman–Crippen MR) is 125 cm³/mol. The number of piperazine rings is 1. The van der Waals surface area contributed by atoms with Crippen molar-refractivity contribution in [1.82, 2.24) is 9.80 Å². The van der Waals surface area contributed by atoms with Crippen molar-refractivity contribution in [3.8, 4) is 11.5 Å². The minimum Gasteiger partial charge on any atom is -0.612 e. The molecular weight excluding hydrogens is 430 g/mol. The van der Waals surface area contributed by atoms with Crippen LogP contribution < -0.4 is 14.8 Å². The Morgan fingerprint density at radius 3 is 2.34 bits per heavy atom. The van der Waals surface area contributed by atoms with E-state index in [1.165, 1.54) is 0 Å². The van der Waals surface area contributed by atoms with E-state index in [0.29, 0.717) is 30.3 Å². The highest BCUT2D eigenvalue weighted by Gasteiger charge is 2.21. The number of hydrogen-bond donors (Lipinski definition) is 2. The Hall–Kier alpha value is -2.30. The van der Waals surface area contributed by atoms with Crippen molar-refractivity contribution in [3.63, 3.8) is 0 Å². The van der Waals surface area contributed by atoms with Gasteiger partial charge in [0.1, 0.15) is 19.0 Å². The van der Waals surface area contributed by atoms with Gasteiger partial charge in [0.15, 0.2) is 16.4 Å². The molecule has 1 aliphatic heterocycles. The lowest BCUT2D eigenvalue weighted by atomic mass is 10.2. The Kier molecular flexibility index (Phi) is 9.19. The fourth-order valence-corrected chi connectivity index (χ4v) is 4.06. The number of benzene rings is 2. The molecule has 0 aliphatic carbocycles. The highest BCUT2D eigenvalue weighted by atomic mass is 32.2. The maximum absolute atomic E-state index is 12.3. The van der Waals surface area contributed by atoms with Gasteiger partial charge < -0.3 is 24.4 Å². The smallest absolute Gasteiger partial charge is 0.238 e. The number of amides is 1. The number of aliphatic hydroxyl groups excluding tert-OH is 1. The highest BCUT2D eigenvalue weighted by molar-refractivity contribution is 7.90. The summed E-state index contributed by atoms with van der Waals surface area (Å²) in [7, 11) is 1.59. The molecule has 8 nitrogen and oxygen atoms in total. The maximum atomic E-state index is 12.3. The summed E-state index contributed by atoms with van der Waals surface area (Å²) in [6.07, 6.45) is 1.01. The molecule has 1 aliphatic rings. The second-order valence-electron chi connectivity index (χ2n) is 7.72. The molecule has 174 valence electrons. The van der Waals surface area contributed by atoms with Gasteiger partial charge >= 0.3 is 0 Å². The lowest BCUT2D eigenvalue weighted by molar-refractivity contribution is -0.117. The van der Waals surface area contributed by atoms with Crippen molar-refractivity contribution in [2.24, 2.45) is 0 Å². The van der Waals surface area contributed by atoms with Crippen LogP contribution in [0.4, 0.5) is 5.69 Å². The molecule has 32 heavy (non-hydrogen) atoms. The molecule has 0 radical (unpaired) electrons. The molecule has 2 atom stereocenters. The topological polar surface area (TPSA) is 97.3 Å². The number of hydrogen-bond acceptors (Lipinski definition) is 7. The predicted octanol–water partition coefficient (Wildman–Crippen LogP) is 1.43. The zero-order chi connectivity index (χ0) is 22.9. The normalized spacial score (nSPS) is 16.9. The van der Waals surface area contributed by atoms with E-state index < -0.39 is 17.3 Å². The van der Waals surface area contributed by atoms with Crippen molar-refractivity contribution >= 4 is 22.8 Å². The zero-order valence-corrected chi connectivity index (χ0v) is 19.3. The molecule has 9 heteroatoms. The van der Waals surface area contributed by atoms with Crippen LogP contribution in [0.25, 0.3) is 0 Å². The van der Waals surface area contributed by atoms with Crippen LogP contribution in [-0.4, -0.2) is 90.7 Å². The molecule has 2 aromatic rings. The van der Waals surface area contributed by atoms with Crippen LogP contribution in [0.2, 0.25) is 0 Å². The third-order valence-corrected chi connectivity index (χ3v) is 6.21. The number of nitrogens with zero attached hydrogens (tertiary/aromatic N) is 2. The van der Waals surface area contributed by atoms with Gasteiger partial charge in [0.2, 0.25) is 5.91 Å². The summed E-state index contributed by atoms with van der Waals surface area (Å²) < 4.78 is 22.4. The second-order valence-corrected chi connectivity index (χ2v) is 9.10. The van der Waals surface area contributed by atoms with Crippen LogP contribution in [0.15, 0.2) is 53.4 Å². The Balaban J connectivity index is 1.35. The van der Waals surface area contributed by atoms with Gasteiger partial charge in [0.05, 0.1) is 13.7 Å². The number of carbonyl (C=O) groups excluding carboxylic acids is 1. The third-order valence-electron chi connectivity index (χ3n) is 5.27. The zero-order valence-electron chi connectivity index (χ0n) is 18.5. The molecule has 0 aromatic heterocycles. The van der Waals surface area contributed by atoms with E-state index in [1.807, 2.05) is 24.3 Å². The lowest BCUT2D eigenvalue weighted by Gasteiger charge is -2.35. The summed E-state index contributed by atoms with van der Waals surface area (Å²) in [5.41, 5.74) is 0.695. The van der Waals surface area contributed by atoms with E-state index in [4.69, 9.17) is 9.47 Å². The monoisotopic (exact) mass is 461 g/mol. The van der Waals surface area contributed by atoms with E-state index in [-0.39, 0.29) is 12.5 Å². The van der Waals surface area contributed by atoms with Crippen LogP contribution in [0.3, 0.4) is 0 Å². The van der Waals surface area contributed by atoms with E-state index in [9.17, 15) is 14.5 Å². The number of anilines is 1. The third kappa shape index (κ3) is 7.39. The molecule has 2 N–H and O–H groups in total. The van der Waals surface area contributed by atoms with Gasteiger partial charge in [-0.1, -0.05) is 12.1 Å². The van der Waals surface area contributed by atoms with Crippen molar-refractivity contribution in [1.29, 1.82) is 0 Å². The maximum Gasteiger partial charge on any atom is 0.238 e. The molecule has 0 spiro atoms. The Morgan fingerprint density at radius 1 is 1.09 bits per heavy atom. The number of carbonyl (C=O) groups is 1. The molecule has 0 bridgehead atoms. The van der Waals surface area contributed by atoms with Crippen LogP contribution >= 0.6 is 0 Å². The molecule has 2 aromatic carbocycles. The average molecular weight is 462 g/mol. The minimum absolute atomic E-state index is 0.0749. The highest BCUT2D eigenvalue weighted by Crippen LogP contribution is 2.25. The van der Waals surface area contributed by atoms with Gasteiger partial charge in [0, 0.05) is 38.4 Å². The van der Waals surface area contributed by atoms with Crippen LogP contribution in [0.5, 0.6) is 11.5 Å². The van der Waals surface area contributed by atoms with Gasteiger partial charge in [-0.2, -0.15) is 0 Å². The summed E-state index contributed by atoms with van der Waals surface area (Å²) in [5.74, 6) is 1.18. The molecule has 3 rings (SSSR count). The number of ether oxygens (including phenoxy) is 2. The second kappa shape index (κ2) is 12.1. The number of methoxy groups -OCH3 is 1. The number of nitrogens with one attached hydrogen (secondary N) is 1. The first-order chi connectivity index (χ1) is 15.4. The van der Waals surface area contributed by atoms with E-state index in [0.717, 1.165) is 31.1 Å². The standard InChI is InChI=1S/C23H31N3O5S/c1-30-21-5-3-4-6-22(21)31-17-19(27)15-25-11-13-26(14-12-25)16-23(28)24-18-7-9-20(10-8-18)32(2)29/h3-10,19,27H,11-17H2,1-2H3,(H,24,28). The Morgan fingerprint density at radius 2 is 1.72 bits per heavy atom. The molecule has 0 saturated carbocycles. The van der Waals surface area contributed by atoms with Crippen molar-refractivity contribution < 1.29 is 23.9 Å². The molecule has 2 unspecified atom stereocenters. The minimum atomic E-state index is -1.03. The van der Waals surface area contributed by atoms with Crippen LogP contribution in [0.1, 0.15) is 0 Å². The molecule has 1 saturated heterocycles. The van der Waals surface area contributed by atoms with Crippen molar-refractivity contribution in [2.45, 2.75) is 11.0 Å². The fraction of sp³-hybridized carbons (Fsp3) is 0.435. The van der Waals surface area contributed by atoms with Crippen molar-refractivity contribution in [3.05, 3.63) is 48.5 Å². The summed E-state index contributed by atoms with van der Waals surface area (Å²) in [6, 6.07) is 14.4. The Labute approximate surface area is 192 Å². The number of para-hydroxylation sites is 2. The van der Waals surface area contributed by atoms with Crippen molar-refractivity contribution in [2.75, 3.05) is 64.6 Å². The van der Waals surface area contributed by atoms with E-state index >= 15 is 0 Å². The molecular formula is C23H31N3O5S. The average Bonchev–Trinajstić information content (AvgIpc) is 2.79. The lowest BCUT2D eigenvalue weighted by Crippen LogP contribution is -2.50. The summed E-state index contributed by atoms with van der Waals surface area (Å²) in [5, 5.41) is 13.2. The quantitative estimate of drug-likeness (QED) is 0.517. The van der Waals surface area contributed by atoms with Gasteiger partial charge in [-0.25, -0.2) is 0 Å². The first kappa shape index (κ1) is 24.3. The van der Waals surface area contributed by atoms with Gasteiger partial charge in [0.25, 0.3) is 0 Å².